The second-order valence-corrected chi connectivity index (χ2v) is 8.50. The van der Waals surface area contributed by atoms with Gasteiger partial charge < -0.3 is 5.32 Å². The van der Waals surface area contributed by atoms with Gasteiger partial charge in [-0.2, -0.15) is 0 Å². The Bertz CT molecular complexity index is 874. The third kappa shape index (κ3) is 3.44. The largest absolute Gasteiger partial charge is 0.353 e. The lowest BCUT2D eigenvalue weighted by molar-refractivity contribution is 0.373. The summed E-state index contributed by atoms with van der Waals surface area (Å²) in [7, 11) is 0. The van der Waals surface area contributed by atoms with Gasteiger partial charge in [-0.05, 0) is 23.8 Å². The summed E-state index contributed by atoms with van der Waals surface area (Å²) in [6.45, 7) is 5.25. The average molecular weight is 371 g/mol. The number of nitrogens with zero attached hydrogens (tertiary/aromatic N) is 3. The van der Waals surface area contributed by atoms with Crippen LogP contribution in [0.3, 0.4) is 0 Å². The summed E-state index contributed by atoms with van der Waals surface area (Å²) in [6, 6.07) is 10.4. The zero-order chi connectivity index (χ0) is 17.4. The van der Waals surface area contributed by atoms with Gasteiger partial charge in [0.15, 0.2) is 5.15 Å². The molecule has 25 heavy (non-hydrogen) atoms. The molecule has 0 fully saturated rings. The highest BCUT2D eigenvalue weighted by molar-refractivity contribution is 8.04. The molecule has 0 radical (unpaired) electrons. The minimum absolute atomic E-state index is 0.154. The smallest absolute Gasteiger partial charge is 0.157 e. The maximum Gasteiger partial charge on any atom is 0.157 e. The van der Waals surface area contributed by atoms with E-state index in [1.165, 1.54) is 22.5 Å². The van der Waals surface area contributed by atoms with Crippen LogP contribution in [-0.4, -0.2) is 15.7 Å². The molecule has 2 aliphatic rings. The number of aliphatic imine (C=N–C) groups is 1. The molecule has 0 amide bonds. The molecule has 0 saturated heterocycles. The van der Waals surface area contributed by atoms with E-state index in [-0.39, 0.29) is 5.41 Å². The Kier molecular flexibility index (Phi) is 4.29. The average Bonchev–Trinajstić information content (AvgIpc) is 2.59. The van der Waals surface area contributed by atoms with Crippen molar-refractivity contribution >= 4 is 34.8 Å². The van der Waals surface area contributed by atoms with E-state index >= 15 is 0 Å². The van der Waals surface area contributed by atoms with E-state index in [9.17, 15) is 0 Å². The predicted octanol–water partition coefficient (Wildman–Crippen LogP) is 5.32. The lowest BCUT2D eigenvalue weighted by Gasteiger charge is -2.36. The van der Waals surface area contributed by atoms with Crippen molar-refractivity contribution in [2.75, 3.05) is 5.32 Å². The zero-order valence-corrected chi connectivity index (χ0v) is 15.8. The molecule has 2 aromatic rings. The van der Waals surface area contributed by atoms with E-state index in [1.807, 2.05) is 6.07 Å². The first-order chi connectivity index (χ1) is 12.0. The van der Waals surface area contributed by atoms with Gasteiger partial charge >= 0.3 is 0 Å². The van der Waals surface area contributed by atoms with Gasteiger partial charge in [0.2, 0.25) is 0 Å². The maximum atomic E-state index is 6.24. The van der Waals surface area contributed by atoms with Crippen LogP contribution in [0.5, 0.6) is 0 Å². The number of thioether (sulfide) groups is 1. The number of halogens is 1. The molecule has 128 valence electrons. The Morgan fingerprint density at radius 2 is 2.00 bits per heavy atom. The number of nitrogens with one attached hydrogen (secondary N) is 1. The molecule has 4 nitrogen and oxygen atoms in total. The van der Waals surface area contributed by atoms with Gasteiger partial charge in [0.25, 0.3) is 0 Å². The van der Waals surface area contributed by atoms with Crippen LogP contribution < -0.4 is 5.32 Å². The molecule has 1 aromatic heterocycles. The van der Waals surface area contributed by atoms with Crippen LogP contribution in [-0.2, 0) is 6.54 Å². The van der Waals surface area contributed by atoms with Crippen molar-refractivity contribution in [1.29, 1.82) is 0 Å². The van der Waals surface area contributed by atoms with E-state index < -0.39 is 0 Å². The van der Waals surface area contributed by atoms with Crippen molar-refractivity contribution in [2.45, 2.75) is 38.3 Å². The highest BCUT2D eigenvalue weighted by Gasteiger charge is 2.35. The first-order valence-electron chi connectivity index (χ1n) is 8.28. The normalized spacial score (nSPS) is 20.0. The van der Waals surface area contributed by atoms with E-state index in [0.717, 1.165) is 29.3 Å². The lowest BCUT2D eigenvalue weighted by Crippen LogP contribution is -2.29. The van der Waals surface area contributed by atoms with Crippen LogP contribution in [0.15, 0.2) is 57.3 Å². The summed E-state index contributed by atoms with van der Waals surface area (Å²) >= 11 is 7.89. The molecular weight excluding hydrogens is 352 g/mol. The third-order valence-electron chi connectivity index (χ3n) is 4.37. The Balaban J connectivity index is 1.70. The second kappa shape index (κ2) is 6.46. The van der Waals surface area contributed by atoms with Crippen molar-refractivity contribution in [3.8, 4) is 0 Å². The standard InChI is InChI=1S/C19H19ClN4S/c1-19(2)8-13(21-10-12-6-4-3-5-7-12)16-14(9-19)24-15-17(20)22-11-23-18(15)25-16/h3-7,11,24H,8-10H2,1-2H3. The van der Waals surface area contributed by atoms with Gasteiger partial charge in [0, 0.05) is 5.70 Å². The van der Waals surface area contributed by atoms with Gasteiger partial charge in [-0.15, -0.1) is 0 Å². The Morgan fingerprint density at radius 3 is 2.80 bits per heavy atom. The highest BCUT2D eigenvalue weighted by Crippen LogP contribution is 2.48. The number of allylic oxidation sites excluding steroid dienone is 2. The molecule has 1 aliphatic heterocycles. The fourth-order valence-corrected chi connectivity index (χ4v) is 4.51. The molecule has 0 spiro atoms. The SMILES string of the molecule is CC1(C)CC(=NCc2ccccc2)C2=C(C1)Nc1c(Cl)ncnc1S2. The molecule has 1 aliphatic carbocycles. The van der Waals surface area contributed by atoms with Crippen LogP contribution in [0, 0.1) is 5.41 Å². The van der Waals surface area contributed by atoms with Crippen LogP contribution in [0.1, 0.15) is 32.3 Å². The molecule has 4 rings (SSSR count). The Morgan fingerprint density at radius 1 is 1.20 bits per heavy atom. The number of hydrogen-bond donors (Lipinski definition) is 1. The number of benzene rings is 1. The summed E-state index contributed by atoms with van der Waals surface area (Å²) in [5.41, 5.74) is 4.51. The second-order valence-electron chi connectivity index (χ2n) is 7.15. The number of anilines is 1. The minimum Gasteiger partial charge on any atom is -0.353 e. The third-order valence-corrected chi connectivity index (χ3v) is 5.85. The summed E-state index contributed by atoms with van der Waals surface area (Å²) in [6.07, 6.45) is 3.43. The first kappa shape index (κ1) is 16.6. The highest BCUT2D eigenvalue weighted by atomic mass is 35.5. The predicted molar refractivity (Wildman–Crippen MR) is 104 cm³/mol. The first-order valence-corrected chi connectivity index (χ1v) is 9.47. The number of rotatable bonds is 2. The molecule has 1 N–H and O–H groups in total. The lowest BCUT2D eigenvalue weighted by atomic mass is 9.78. The zero-order valence-electron chi connectivity index (χ0n) is 14.2. The molecule has 1 aromatic carbocycles. The van der Waals surface area contributed by atoms with Crippen LogP contribution in [0.4, 0.5) is 5.69 Å². The minimum atomic E-state index is 0.154. The van der Waals surface area contributed by atoms with Crippen molar-refractivity contribution in [2.24, 2.45) is 10.4 Å². The molecular formula is C19H19ClN4S. The van der Waals surface area contributed by atoms with E-state index in [2.05, 4.69) is 53.4 Å². The van der Waals surface area contributed by atoms with Crippen LogP contribution >= 0.6 is 23.4 Å². The molecule has 0 saturated carbocycles. The van der Waals surface area contributed by atoms with Crippen molar-refractivity contribution in [1.82, 2.24) is 9.97 Å². The summed E-state index contributed by atoms with van der Waals surface area (Å²) < 4.78 is 0. The topological polar surface area (TPSA) is 50.2 Å². The Labute approximate surface area is 156 Å². The van der Waals surface area contributed by atoms with Crippen LogP contribution in [0.25, 0.3) is 0 Å². The fraction of sp³-hybridized carbons (Fsp3) is 0.316. The fourth-order valence-electron chi connectivity index (χ4n) is 3.23. The van der Waals surface area contributed by atoms with Gasteiger partial charge in [0.05, 0.1) is 17.2 Å². The van der Waals surface area contributed by atoms with Gasteiger partial charge in [0.1, 0.15) is 17.0 Å². The van der Waals surface area contributed by atoms with Gasteiger partial charge in [-0.3, -0.25) is 4.99 Å². The maximum absolute atomic E-state index is 6.24. The van der Waals surface area contributed by atoms with Crippen LogP contribution in [0.2, 0.25) is 5.15 Å². The van der Waals surface area contributed by atoms with E-state index in [4.69, 9.17) is 16.6 Å². The number of fused-ring (bicyclic) bond motifs is 1. The number of aromatic nitrogens is 2. The quantitative estimate of drug-likeness (QED) is 0.727. The molecule has 0 atom stereocenters. The van der Waals surface area contributed by atoms with Crippen molar-refractivity contribution in [3.63, 3.8) is 0 Å². The van der Waals surface area contributed by atoms with E-state index in [1.54, 1.807) is 11.8 Å². The summed E-state index contributed by atoms with van der Waals surface area (Å²) in [5, 5.41) is 4.81. The summed E-state index contributed by atoms with van der Waals surface area (Å²) in [4.78, 5) is 14.6. The number of hydrogen-bond acceptors (Lipinski definition) is 5. The monoisotopic (exact) mass is 370 g/mol. The molecule has 6 heteroatoms. The molecule has 0 bridgehead atoms. The Hall–Kier alpha value is -1.85. The van der Waals surface area contributed by atoms with Crippen molar-refractivity contribution < 1.29 is 0 Å². The molecule has 2 heterocycles. The van der Waals surface area contributed by atoms with Crippen molar-refractivity contribution in [3.05, 3.63) is 58.0 Å². The summed E-state index contributed by atoms with van der Waals surface area (Å²) in [5.74, 6) is 0. The van der Waals surface area contributed by atoms with Gasteiger partial charge in [-0.1, -0.05) is 67.5 Å². The van der Waals surface area contributed by atoms with Gasteiger partial charge in [-0.25, -0.2) is 9.97 Å². The van der Waals surface area contributed by atoms with E-state index in [0.29, 0.717) is 11.7 Å². The molecule has 0 unspecified atom stereocenters.